The predicted octanol–water partition coefficient (Wildman–Crippen LogP) is 4.69. The van der Waals surface area contributed by atoms with Gasteiger partial charge in [0, 0.05) is 17.0 Å². The summed E-state index contributed by atoms with van der Waals surface area (Å²) >= 11 is 6.01. The summed E-state index contributed by atoms with van der Waals surface area (Å²) in [7, 11) is 0. The van der Waals surface area contributed by atoms with Crippen molar-refractivity contribution >= 4 is 29.0 Å². The van der Waals surface area contributed by atoms with Crippen LogP contribution in [0.2, 0.25) is 5.15 Å². The number of aromatic nitrogens is 3. The van der Waals surface area contributed by atoms with E-state index in [0.717, 1.165) is 29.9 Å². The summed E-state index contributed by atoms with van der Waals surface area (Å²) in [5.41, 5.74) is 2.06. The molecule has 8 nitrogen and oxygen atoms in total. The number of halogens is 1. The SMILES string of the molecule is Cc1ncc(NC(=O)Nc2ccc(Oc3cccc4c3C3(CC3)CO4)nc2)c(Cl)n1. The van der Waals surface area contributed by atoms with Gasteiger partial charge in [-0.1, -0.05) is 17.7 Å². The van der Waals surface area contributed by atoms with Crippen LogP contribution in [0.1, 0.15) is 24.2 Å². The molecule has 30 heavy (non-hydrogen) atoms. The first-order chi connectivity index (χ1) is 14.5. The molecular weight excluding hydrogens is 406 g/mol. The van der Waals surface area contributed by atoms with Gasteiger partial charge in [-0.05, 0) is 38.0 Å². The van der Waals surface area contributed by atoms with E-state index in [2.05, 4.69) is 25.6 Å². The highest BCUT2D eigenvalue weighted by Crippen LogP contribution is 2.58. The molecular formula is C21H18ClN5O3. The van der Waals surface area contributed by atoms with Gasteiger partial charge in [0.25, 0.3) is 0 Å². The third kappa shape index (κ3) is 3.50. The quantitative estimate of drug-likeness (QED) is 0.590. The normalized spacial score (nSPS) is 15.3. The summed E-state index contributed by atoms with van der Waals surface area (Å²) in [6, 6.07) is 8.75. The van der Waals surface area contributed by atoms with Gasteiger partial charge in [-0.15, -0.1) is 0 Å². The molecule has 5 rings (SSSR count). The number of urea groups is 1. The summed E-state index contributed by atoms with van der Waals surface area (Å²) in [5.74, 6) is 2.61. The van der Waals surface area contributed by atoms with Gasteiger partial charge >= 0.3 is 6.03 Å². The zero-order chi connectivity index (χ0) is 20.7. The van der Waals surface area contributed by atoms with Gasteiger partial charge < -0.3 is 20.1 Å². The number of hydrogen-bond donors (Lipinski definition) is 2. The monoisotopic (exact) mass is 423 g/mol. The Morgan fingerprint density at radius 2 is 2.03 bits per heavy atom. The Bertz CT molecular complexity index is 1130. The molecule has 0 radical (unpaired) electrons. The number of amides is 2. The molecule has 2 aromatic heterocycles. The van der Waals surface area contributed by atoms with Crippen molar-refractivity contribution in [2.45, 2.75) is 25.2 Å². The molecule has 152 valence electrons. The summed E-state index contributed by atoms with van der Waals surface area (Å²) in [5, 5.41) is 5.46. The third-order valence-corrected chi connectivity index (χ3v) is 5.48. The van der Waals surface area contributed by atoms with Crippen LogP contribution in [-0.2, 0) is 5.41 Å². The summed E-state index contributed by atoms with van der Waals surface area (Å²) in [6.45, 7) is 2.43. The Kier molecular flexibility index (Phi) is 4.43. The van der Waals surface area contributed by atoms with Crippen LogP contribution in [0.25, 0.3) is 0 Å². The number of fused-ring (bicyclic) bond motifs is 2. The van der Waals surface area contributed by atoms with Crippen molar-refractivity contribution in [2.75, 3.05) is 17.2 Å². The number of pyridine rings is 1. The van der Waals surface area contributed by atoms with Gasteiger partial charge in [0.2, 0.25) is 5.88 Å². The number of rotatable bonds is 4. The van der Waals surface area contributed by atoms with Crippen molar-refractivity contribution in [2.24, 2.45) is 0 Å². The van der Waals surface area contributed by atoms with E-state index in [1.165, 1.54) is 12.4 Å². The van der Waals surface area contributed by atoms with Gasteiger partial charge in [0.15, 0.2) is 5.15 Å². The molecule has 0 saturated heterocycles. The molecule has 1 aliphatic carbocycles. The van der Waals surface area contributed by atoms with Crippen molar-refractivity contribution < 1.29 is 14.3 Å². The van der Waals surface area contributed by atoms with E-state index in [4.69, 9.17) is 21.1 Å². The number of anilines is 2. The smallest absolute Gasteiger partial charge is 0.323 e. The van der Waals surface area contributed by atoms with Crippen molar-refractivity contribution in [3.63, 3.8) is 0 Å². The van der Waals surface area contributed by atoms with Gasteiger partial charge in [0.1, 0.15) is 17.3 Å². The fourth-order valence-corrected chi connectivity index (χ4v) is 3.73. The van der Waals surface area contributed by atoms with Crippen LogP contribution in [0.15, 0.2) is 42.7 Å². The minimum absolute atomic E-state index is 0.104. The fourth-order valence-electron chi connectivity index (χ4n) is 3.51. The molecule has 0 bridgehead atoms. The molecule has 2 N–H and O–H groups in total. The molecule has 1 aliphatic heterocycles. The number of ether oxygens (including phenoxy) is 2. The zero-order valence-electron chi connectivity index (χ0n) is 16.1. The van der Waals surface area contributed by atoms with Crippen molar-refractivity contribution in [1.82, 2.24) is 15.0 Å². The van der Waals surface area contributed by atoms with E-state index in [1.54, 1.807) is 19.1 Å². The first-order valence-electron chi connectivity index (χ1n) is 9.50. The number of carbonyl (C=O) groups is 1. The van der Waals surface area contributed by atoms with Crippen LogP contribution in [0.3, 0.4) is 0 Å². The maximum absolute atomic E-state index is 12.2. The molecule has 0 atom stereocenters. The molecule has 2 aliphatic rings. The largest absolute Gasteiger partial charge is 0.492 e. The number of nitrogens with one attached hydrogen (secondary N) is 2. The van der Waals surface area contributed by atoms with Crippen LogP contribution < -0.4 is 20.1 Å². The third-order valence-electron chi connectivity index (χ3n) is 5.20. The lowest BCUT2D eigenvalue weighted by molar-refractivity contribution is 0.262. The van der Waals surface area contributed by atoms with E-state index in [9.17, 15) is 4.79 Å². The number of benzene rings is 1. The Balaban J connectivity index is 1.26. The second-order valence-corrected chi connectivity index (χ2v) is 7.74. The minimum atomic E-state index is -0.478. The number of hydrogen-bond acceptors (Lipinski definition) is 6. The summed E-state index contributed by atoms with van der Waals surface area (Å²) < 4.78 is 11.8. The number of aryl methyl sites for hydroxylation is 1. The molecule has 3 heterocycles. The number of nitrogens with zero attached hydrogens (tertiary/aromatic N) is 3. The molecule has 2 amide bonds. The van der Waals surface area contributed by atoms with Gasteiger partial charge in [-0.3, -0.25) is 0 Å². The van der Waals surface area contributed by atoms with Crippen LogP contribution >= 0.6 is 11.6 Å². The zero-order valence-corrected chi connectivity index (χ0v) is 16.9. The second-order valence-electron chi connectivity index (χ2n) is 7.39. The number of carbonyl (C=O) groups excluding carboxylic acids is 1. The average molecular weight is 424 g/mol. The fraction of sp³-hybridized carbons (Fsp3) is 0.238. The molecule has 9 heteroatoms. The molecule has 1 fully saturated rings. The first-order valence-corrected chi connectivity index (χ1v) is 9.88. The van der Waals surface area contributed by atoms with Crippen molar-refractivity contribution in [3.05, 3.63) is 59.3 Å². The van der Waals surface area contributed by atoms with Gasteiger partial charge in [-0.2, -0.15) is 0 Å². The second kappa shape index (κ2) is 7.14. The van der Waals surface area contributed by atoms with E-state index in [0.29, 0.717) is 29.7 Å². The molecule has 3 aromatic rings. The standard InChI is InChI=1S/C21H18ClN5O3/c1-12-23-10-14(19(22)25-12)27-20(28)26-13-5-6-17(24-9-13)30-16-4-2-3-15-18(16)21(7-8-21)11-29-15/h2-6,9-10H,7-8,11H2,1H3,(H2,26,27,28). The van der Waals surface area contributed by atoms with Crippen molar-refractivity contribution in [3.8, 4) is 17.4 Å². The van der Waals surface area contributed by atoms with Crippen molar-refractivity contribution in [1.29, 1.82) is 0 Å². The topological polar surface area (TPSA) is 98.3 Å². The molecule has 1 spiro atoms. The lowest BCUT2D eigenvalue weighted by Crippen LogP contribution is -2.20. The van der Waals surface area contributed by atoms with Crippen LogP contribution in [0.4, 0.5) is 16.2 Å². The molecule has 1 aromatic carbocycles. The van der Waals surface area contributed by atoms with E-state index >= 15 is 0 Å². The Morgan fingerprint density at radius 3 is 2.77 bits per heavy atom. The Hall–Kier alpha value is -3.39. The highest BCUT2D eigenvalue weighted by Gasteiger charge is 2.52. The van der Waals surface area contributed by atoms with Crippen LogP contribution in [0.5, 0.6) is 17.4 Å². The summed E-state index contributed by atoms with van der Waals surface area (Å²) in [6.07, 6.45) is 5.20. The van der Waals surface area contributed by atoms with Crippen LogP contribution in [0, 0.1) is 6.92 Å². The lowest BCUT2D eigenvalue weighted by atomic mass is 9.97. The molecule has 1 saturated carbocycles. The Morgan fingerprint density at radius 1 is 1.17 bits per heavy atom. The predicted molar refractivity (Wildman–Crippen MR) is 112 cm³/mol. The maximum Gasteiger partial charge on any atom is 0.323 e. The minimum Gasteiger partial charge on any atom is -0.492 e. The first kappa shape index (κ1) is 18.6. The highest BCUT2D eigenvalue weighted by atomic mass is 35.5. The van der Waals surface area contributed by atoms with E-state index < -0.39 is 6.03 Å². The van der Waals surface area contributed by atoms with E-state index in [1.807, 2.05) is 18.2 Å². The molecule has 0 unspecified atom stereocenters. The van der Waals surface area contributed by atoms with Gasteiger partial charge in [-0.25, -0.2) is 19.7 Å². The van der Waals surface area contributed by atoms with Gasteiger partial charge in [0.05, 0.1) is 30.4 Å². The highest BCUT2D eigenvalue weighted by molar-refractivity contribution is 6.32. The lowest BCUT2D eigenvalue weighted by Gasteiger charge is -2.12. The maximum atomic E-state index is 12.2. The summed E-state index contributed by atoms with van der Waals surface area (Å²) in [4.78, 5) is 24.5. The Labute approximate surface area is 177 Å². The van der Waals surface area contributed by atoms with Crippen LogP contribution in [-0.4, -0.2) is 27.6 Å². The van der Waals surface area contributed by atoms with E-state index in [-0.39, 0.29) is 10.6 Å². The average Bonchev–Trinajstić information content (AvgIpc) is 3.41.